The zero-order chi connectivity index (χ0) is 21.7. The number of anilines is 1. The van der Waals surface area contributed by atoms with Crippen LogP contribution in [0.25, 0.3) is 0 Å². The smallest absolute Gasteiger partial charge is 0.265 e. The SMILES string of the molecule is COc1ccc(/C(C)=N\NC(=O)CN2C(=O)COc3ccccc32)cc1CC(=O)[O-]. The van der Waals surface area contributed by atoms with E-state index in [9.17, 15) is 19.5 Å². The molecule has 156 valence electrons. The second-order valence-electron chi connectivity index (χ2n) is 6.54. The van der Waals surface area contributed by atoms with Crippen LogP contribution < -0.4 is 24.9 Å². The lowest BCUT2D eigenvalue weighted by Crippen LogP contribution is -2.44. The van der Waals surface area contributed by atoms with Crippen molar-refractivity contribution in [2.45, 2.75) is 13.3 Å². The highest BCUT2D eigenvalue weighted by Crippen LogP contribution is 2.31. The highest BCUT2D eigenvalue weighted by Gasteiger charge is 2.26. The molecule has 0 aromatic heterocycles. The molecule has 0 saturated heterocycles. The molecule has 0 spiro atoms. The fourth-order valence-electron chi connectivity index (χ4n) is 3.01. The number of para-hydroxylation sites is 2. The fourth-order valence-corrected chi connectivity index (χ4v) is 3.01. The van der Waals surface area contributed by atoms with E-state index in [-0.39, 0.29) is 25.5 Å². The summed E-state index contributed by atoms with van der Waals surface area (Å²) in [6.45, 7) is 1.31. The number of carbonyl (C=O) groups is 3. The lowest BCUT2D eigenvalue weighted by Gasteiger charge is -2.28. The monoisotopic (exact) mass is 410 g/mol. The van der Waals surface area contributed by atoms with E-state index in [0.29, 0.717) is 34.0 Å². The van der Waals surface area contributed by atoms with Crippen molar-refractivity contribution < 1.29 is 29.0 Å². The van der Waals surface area contributed by atoms with Crippen LogP contribution in [0.3, 0.4) is 0 Å². The maximum absolute atomic E-state index is 12.4. The number of nitrogens with zero attached hydrogens (tertiary/aromatic N) is 2. The van der Waals surface area contributed by atoms with Crippen molar-refractivity contribution in [3.8, 4) is 11.5 Å². The minimum Gasteiger partial charge on any atom is -0.550 e. The maximum atomic E-state index is 12.4. The molecule has 2 amide bonds. The normalized spacial score (nSPS) is 13.3. The van der Waals surface area contributed by atoms with Crippen molar-refractivity contribution >= 4 is 29.2 Å². The molecule has 0 radical (unpaired) electrons. The van der Waals surface area contributed by atoms with Gasteiger partial charge in [-0.15, -0.1) is 0 Å². The second kappa shape index (κ2) is 9.08. The molecule has 9 heteroatoms. The number of ether oxygens (including phenoxy) is 2. The molecular formula is C21H20N3O6-. The lowest BCUT2D eigenvalue weighted by atomic mass is 10.0. The number of hydrogen-bond donors (Lipinski definition) is 1. The number of aliphatic carboxylic acids is 1. The van der Waals surface area contributed by atoms with E-state index < -0.39 is 11.9 Å². The highest BCUT2D eigenvalue weighted by atomic mass is 16.5. The van der Waals surface area contributed by atoms with Crippen LogP contribution in [0.2, 0.25) is 0 Å². The summed E-state index contributed by atoms with van der Waals surface area (Å²) < 4.78 is 10.5. The van der Waals surface area contributed by atoms with Crippen molar-refractivity contribution in [1.82, 2.24) is 5.43 Å². The van der Waals surface area contributed by atoms with E-state index in [2.05, 4.69) is 10.5 Å². The number of methoxy groups -OCH3 is 1. The third-order valence-corrected chi connectivity index (χ3v) is 4.49. The summed E-state index contributed by atoms with van der Waals surface area (Å²) in [5.74, 6) is -1.09. The van der Waals surface area contributed by atoms with Crippen LogP contribution in [0.1, 0.15) is 18.1 Å². The number of amides is 2. The summed E-state index contributed by atoms with van der Waals surface area (Å²) >= 11 is 0. The van der Waals surface area contributed by atoms with Crippen LogP contribution in [0, 0.1) is 0 Å². The number of hydrazone groups is 1. The average molecular weight is 410 g/mol. The number of hydrogen-bond acceptors (Lipinski definition) is 7. The van der Waals surface area contributed by atoms with E-state index in [1.165, 1.54) is 12.0 Å². The van der Waals surface area contributed by atoms with E-state index in [1.807, 2.05) is 0 Å². The first-order valence-corrected chi connectivity index (χ1v) is 9.11. The number of fused-ring (bicyclic) bond motifs is 1. The van der Waals surface area contributed by atoms with Gasteiger partial charge in [0.1, 0.15) is 18.0 Å². The van der Waals surface area contributed by atoms with Gasteiger partial charge in [0, 0.05) is 18.0 Å². The number of rotatable bonds is 7. The number of benzene rings is 2. The third-order valence-electron chi connectivity index (χ3n) is 4.49. The molecule has 0 unspecified atom stereocenters. The van der Waals surface area contributed by atoms with Crippen molar-refractivity contribution in [2.75, 3.05) is 25.2 Å². The Morgan fingerprint density at radius 3 is 2.77 bits per heavy atom. The van der Waals surface area contributed by atoms with E-state index in [1.54, 1.807) is 49.4 Å². The molecule has 1 aliphatic rings. The standard InChI is InChI=1S/C21H21N3O6/c1-13(14-7-8-17(29-2)15(9-14)10-21(27)28)22-23-19(25)11-24-16-5-3-4-6-18(16)30-12-20(24)26/h3-9H,10-12H2,1-2H3,(H,23,25)(H,27,28)/p-1/b22-13-. The Hall–Kier alpha value is -3.88. The van der Waals surface area contributed by atoms with Gasteiger partial charge in [-0.25, -0.2) is 5.43 Å². The minimum atomic E-state index is -1.23. The fraction of sp³-hybridized carbons (Fsp3) is 0.238. The summed E-state index contributed by atoms with van der Waals surface area (Å²) in [6, 6.07) is 11.9. The lowest BCUT2D eigenvalue weighted by molar-refractivity contribution is -0.304. The molecule has 0 saturated carbocycles. The number of nitrogens with one attached hydrogen (secondary N) is 1. The molecule has 9 nitrogen and oxygen atoms in total. The van der Waals surface area contributed by atoms with Gasteiger partial charge in [0.05, 0.1) is 18.5 Å². The molecule has 0 bridgehead atoms. The van der Waals surface area contributed by atoms with Gasteiger partial charge >= 0.3 is 0 Å². The van der Waals surface area contributed by atoms with E-state index in [0.717, 1.165) is 0 Å². The predicted octanol–water partition coefficient (Wildman–Crippen LogP) is 0.253. The zero-order valence-electron chi connectivity index (χ0n) is 16.5. The number of carboxylic acid groups (broad SMARTS) is 1. The van der Waals surface area contributed by atoms with Gasteiger partial charge in [-0.05, 0) is 42.8 Å². The summed E-state index contributed by atoms with van der Waals surface area (Å²) in [5, 5.41) is 15.0. The molecule has 3 rings (SSSR count). The van der Waals surface area contributed by atoms with Gasteiger partial charge in [-0.2, -0.15) is 5.10 Å². The molecule has 1 aliphatic heterocycles. The molecule has 2 aromatic carbocycles. The van der Waals surface area contributed by atoms with Gasteiger partial charge in [-0.1, -0.05) is 12.1 Å². The van der Waals surface area contributed by atoms with Crippen molar-refractivity contribution in [1.29, 1.82) is 0 Å². The van der Waals surface area contributed by atoms with Gasteiger partial charge in [0.25, 0.3) is 11.8 Å². The first-order chi connectivity index (χ1) is 14.4. The summed E-state index contributed by atoms with van der Waals surface area (Å²) in [5.41, 5.74) is 4.45. The topological polar surface area (TPSA) is 120 Å². The van der Waals surface area contributed by atoms with Crippen LogP contribution >= 0.6 is 0 Å². The van der Waals surface area contributed by atoms with Crippen LogP contribution in [0.4, 0.5) is 5.69 Å². The molecule has 2 aromatic rings. The quantitative estimate of drug-likeness (QED) is 0.516. The Kier molecular flexibility index (Phi) is 6.31. The zero-order valence-corrected chi connectivity index (χ0v) is 16.5. The Labute approximate surface area is 172 Å². The van der Waals surface area contributed by atoms with Crippen molar-refractivity contribution in [3.63, 3.8) is 0 Å². The molecule has 0 aliphatic carbocycles. The Morgan fingerprint density at radius 1 is 1.27 bits per heavy atom. The van der Waals surface area contributed by atoms with E-state index in [4.69, 9.17) is 9.47 Å². The molecular weight excluding hydrogens is 390 g/mol. The molecule has 1 heterocycles. The Bertz CT molecular complexity index is 1020. The van der Waals surface area contributed by atoms with Crippen LogP contribution in [-0.4, -0.2) is 43.8 Å². The van der Waals surface area contributed by atoms with Crippen molar-refractivity contribution in [3.05, 3.63) is 53.6 Å². The van der Waals surface area contributed by atoms with Crippen LogP contribution in [-0.2, 0) is 20.8 Å². The summed E-state index contributed by atoms with van der Waals surface area (Å²) in [6.07, 6.45) is -0.310. The first kappa shape index (κ1) is 20.8. The van der Waals surface area contributed by atoms with Gasteiger partial charge in [0.15, 0.2) is 6.61 Å². The van der Waals surface area contributed by atoms with Gasteiger partial charge < -0.3 is 19.4 Å². The number of carbonyl (C=O) groups excluding carboxylic acids is 3. The largest absolute Gasteiger partial charge is 0.550 e. The van der Waals surface area contributed by atoms with Crippen LogP contribution in [0.5, 0.6) is 11.5 Å². The molecule has 0 atom stereocenters. The minimum absolute atomic E-state index is 0.139. The molecule has 30 heavy (non-hydrogen) atoms. The maximum Gasteiger partial charge on any atom is 0.265 e. The van der Waals surface area contributed by atoms with Gasteiger partial charge in [0.2, 0.25) is 0 Å². The summed E-state index contributed by atoms with van der Waals surface area (Å²) in [7, 11) is 1.44. The van der Waals surface area contributed by atoms with Crippen molar-refractivity contribution in [2.24, 2.45) is 5.10 Å². The third kappa shape index (κ3) is 4.75. The summed E-state index contributed by atoms with van der Waals surface area (Å²) in [4.78, 5) is 36.8. The number of carboxylic acids is 1. The average Bonchev–Trinajstić information content (AvgIpc) is 2.73. The Balaban J connectivity index is 1.71. The molecule has 0 fully saturated rings. The second-order valence-corrected chi connectivity index (χ2v) is 6.54. The highest BCUT2D eigenvalue weighted by molar-refractivity contribution is 6.03. The van der Waals surface area contributed by atoms with Crippen LogP contribution in [0.15, 0.2) is 47.6 Å². The first-order valence-electron chi connectivity index (χ1n) is 9.11. The van der Waals surface area contributed by atoms with E-state index >= 15 is 0 Å². The molecule has 1 N–H and O–H groups in total. The predicted molar refractivity (Wildman–Crippen MR) is 106 cm³/mol. The van der Waals surface area contributed by atoms with Gasteiger partial charge in [-0.3, -0.25) is 14.5 Å². The Morgan fingerprint density at radius 2 is 2.03 bits per heavy atom.